The van der Waals surface area contributed by atoms with Crippen LogP contribution in [0.2, 0.25) is 0 Å². The molecule has 0 aromatic rings. The Morgan fingerprint density at radius 2 is 1.97 bits per heavy atom. The highest BCUT2D eigenvalue weighted by molar-refractivity contribution is 6.32. The van der Waals surface area contributed by atoms with E-state index in [2.05, 4.69) is 19.9 Å². The van der Waals surface area contributed by atoms with Crippen LogP contribution < -0.4 is 0 Å². The Morgan fingerprint density at radius 1 is 1.23 bits per heavy atom. The number of hydrogen-bond donors (Lipinski definition) is 0. The molecule has 0 aromatic carbocycles. The lowest BCUT2D eigenvalue weighted by Gasteiger charge is -2.56. The highest BCUT2D eigenvalue weighted by Gasteiger charge is 2.60. The summed E-state index contributed by atoms with van der Waals surface area (Å²) in [6, 6.07) is 0. The molecule has 0 aromatic heterocycles. The van der Waals surface area contributed by atoms with Crippen LogP contribution in [0.3, 0.4) is 0 Å². The van der Waals surface area contributed by atoms with E-state index < -0.39 is 0 Å². The number of amides is 1. The summed E-state index contributed by atoms with van der Waals surface area (Å²) < 4.78 is 0. The molecule has 0 radical (unpaired) electrons. The van der Waals surface area contributed by atoms with Crippen LogP contribution in [-0.4, -0.2) is 29.3 Å². The van der Waals surface area contributed by atoms with Crippen LogP contribution in [0.1, 0.15) is 66.2 Å². The first-order valence-electron chi connectivity index (χ1n) is 11.2. The zero-order valence-electron chi connectivity index (χ0n) is 18.4. The summed E-state index contributed by atoms with van der Waals surface area (Å²) in [5.41, 5.74) is 0.505. The molecule has 0 saturated heterocycles. The fourth-order valence-corrected chi connectivity index (χ4v) is 7.44. The van der Waals surface area contributed by atoms with E-state index in [1.54, 1.807) is 13.0 Å². The first-order valence-corrected chi connectivity index (χ1v) is 11.6. The van der Waals surface area contributed by atoms with E-state index in [0.717, 1.165) is 31.3 Å². The topological polar surface area (TPSA) is 63.7 Å². The van der Waals surface area contributed by atoms with Crippen molar-refractivity contribution in [2.45, 2.75) is 66.2 Å². The van der Waals surface area contributed by atoms with Crippen LogP contribution >= 0.6 is 11.6 Å². The third-order valence-electron chi connectivity index (χ3n) is 8.50. The maximum atomic E-state index is 12.6. The fourth-order valence-electron chi connectivity index (χ4n) is 7.03. The number of Topliss-reactive ketones (excluding diaryl/α,β-unsaturated/α-hetero) is 1. The number of halogens is 1. The predicted octanol–water partition coefficient (Wildman–Crippen LogP) is 4.80. The SMILES string of the molecule is CCCC(=O)ON1C[C@@]2(C)C(=CC1=O)C(Cl)=C[C@H]1[C@@H]3CC[C@H](C(C)=O)[C@@]3(C)CC[C@@H]12. The van der Waals surface area contributed by atoms with Crippen molar-refractivity contribution in [3.05, 3.63) is 22.8 Å². The second-order valence-corrected chi connectivity index (χ2v) is 10.6. The van der Waals surface area contributed by atoms with Crippen LogP contribution in [-0.2, 0) is 19.2 Å². The molecule has 164 valence electrons. The number of allylic oxidation sites excluding steroid dienone is 2. The number of fused-ring (bicyclic) bond motifs is 5. The number of carbonyl (C=O) groups excluding carboxylic acids is 3. The molecule has 0 unspecified atom stereocenters. The second-order valence-electron chi connectivity index (χ2n) is 10.2. The van der Waals surface area contributed by atoms with E-state index in [1.807, 2.05) is 6.92 Å². The molecule has 5 nitrogen and oxygen atoms in total. The van der Waals surface area contributed by atoms with Crippen molar-refractivity contribution in [2.75, 3.05) is 6.54 Å². The van der Waals surface area contributed by atoms with Crippen molar-refractivity contribution in [1.29, 1.82) is 0 Å². The van der Waals surface area contributed by atoms with Crippen molar-refractivity contribution < 1.29 is 19.2 Å². The Hall–Kier alpha value is -1.62. The Morgan fingerprint density at radius 3 is 2.63 bits per heavy atom. The molecule has 2 saturated carbocycles. The molecule has 0 N–H and O–H groups in total. The van der Waals surface area contributed by atoms with Gasteiger partial charge >= 0.3 is 5.97 Å². The number of carbonyl (C=O) groups is 3. The van der Waals surface area contributed by atoms with E-state index in [-0.39, 0.29) is 41.0 Å². The van der Waals surface area contributed by atoms with Gasteiger partial charge in [-0.15, -0.1) is 0 Å². The molecule has 0 bridgehead atoms. The van der Waals surface area contributed by atoms with Crippen molar-refractivity contribution in [3.8, 4) is 0 Å². The number of ketones is 1. The quantitative estimate of drug-likeness (QED) is 0.638. The summed E-state index contributed by atoms with van der Waals surface area (Å²) in [7, 11) is 0. The molecule has 6 atom stereocenters. The molecule has 1 heterocycles. The highest BCUT2D eigenvalue weighted by Crippen LogP contribution is 2.65. The third-order valence-corrected chi connectivity index (χ3v) is 8.83. The monoisotopic (exact) mass is 433 g/mol. The minimum atomic E-state index is -0.378. The molecule has 4 aliphatic rings. The number of hydroxylamine groups is 2. The smallest absolute Gasteiger partial charge is 0.332 e. The summed E-state index contributed by atoms with van der Waals surface area (Å²) in [5.74, 6) is 0.700. The lowest BCUT2D eigenvalue weighted by Crippen LogP contribution is -2.55. The third kappa shape index (κ3) is 3.16. The van der Waals surface area contributed by atoms with E-state index in [9.17, 15) is 14.4 Å². The van der Waals surface area contributed by atoms with Gasteiger partial charge in [0.15, 0.2) is 0 Å². The van der Waals surface area contributed by atoms with E-state index in [4.69, 9.17) is 16.4 Å². The van der Waals surface area contributed by atoms with Crippen LogP contribution in [0.4, 0.5) is 0 Å². The number of rotatable bonds is 4. The van der Waals surface area contributed by atoms with E-state index in [1.165, 1.54) is 5.06 Å². The zero-order valence-corrected chi connectivity index (χ0v) is 19.1. The molecule has 6 heteroatoms. The number of nitrogens with zero attached hydrogens (tertiary/aromatic N) is 1. The standard InChI is InChI=1S/C24H32ClNO4/c1-5-6-22(29)30-26-13-24(4)18-9-10-23(3)16(14(2)27)7-8-17(23)15(18)11-20(25)19(24)12-21(26)28/h11-12,15-18H,5-10,13H2,1-4H3/t15-,16+,17-,18-,23+,24+/m0/s1. The molecule has 0 spiro atoms. The lowest BCUT2D eigenvalue weighted by atomic mass is 9.49. The van der Waals surface area contributed by atoms with Crippen LogP contribution in [0.15, 0.2) is 22.8 Å². The van der Waals surface area contributed by atoms with Gasteiger partial charge in [0.25, 0.3) is 5.91 Å². The minimum absolute atomic E-state index is 0.00993. The fraction of sp³-hybridized carbons (Fsp3) is 0.708. The van der Waals surface area contributed by atoms with Gasteiger partial charge in [0, 0.05) is 28.9 Å². The first kappa shape index (κ1) is 21.6. The average Bonchev–Trinajstić information content (AvgIpc) is 3.02. The number of hydrogen-bond acceptors (Lipinski definition) is 4. The summed E-state index contributed by atoms with van der Waals surface area (Å²) in [6.45, 7) is 8.40. The van der Waals surface area contributed by atoms with Crippen molar-refractivity contribution in [3.63, 3.8) is 0 Å². The maximum Gasteiger partial charge on any atom is 0.332 e. The molecular formula is C24H32ClNO4. The van der Waals surface area contributed by atoms with Gasteiger partial charge in [0.1, 0.15) is 5.78 Å². The van der Waals surface area contributed by atoms with Gasteiger partial charge in [-0.05, 0) is 67.8 Å². The van der Waals surface area contributed by atoms with Crippen LogP contribution in [0.25, 0.3) is 0 Å². The summed E-state index contributed by atoms with van der Waals surface area (Å²) in [5, 5.41) is 1.87. The lowest BCUT2D eigenvalue weighted by molar-refractivity contribution is -0.204. The molecule has 4 rings (SSSR count). The Kier molecular flexibility index (Phi) is 5.41. The summed E-state index contributed by atoms with van der Waals surface area (Å²) in [4.78, 5) is 42.4. The first-order chi connectivity index (χ1) is 14.1. The Balaban J connectivity index is 1.67. The maximum absolute atomic E-state index is 12.6. The zero-order chi connectivity index (χ0) is 21.8. The Labute approximate surface area is 183 Å². The largest absolute Gasteiger partial charge is 0.338 e. The minimum Gasteiger partial charge on any atom is -0.338 e. The van der Waals surface area contributed by atoms with Crippen LogP contribution in [0.5, 0.6) is 0 Å². The molecule has 1 amide bonds. The summed E-state index contributed by atoms with van der Waals surface area (Å²) >= 11 is 6.75. The summed E-state index contributed by atoms with van der Waals surface area (Å²) in [6.07, 6.45) is 8.62. The van der Waals surface area contributed by atoms with Gasteiger partial charge in [-0.3, -0.25) is 9.59 Å². The Bertz CT molecular complexity index is 848. The van der Waals surface area contributed by atoms with E-state index >= 15 is 0 Å². The molecule has 30 heavy (non-hydrogen) atoms. The molecule has 3 aliphatic carbocycles. The molecular weight excluding hydrogens is 402 g/mol. The van der Waals surface area contributed by atoms with Gasteiger partial charge in [-0.2, -0.15) is 5.06 Å². The van der Waals surface area contributed by atoms with Gasteiger partial charge in [-0.25, -0.2) is 4.79 Å². The second kappa shape index (κ2) is 7.51. The van der Waals surface area contributed by atoms with Crippen molar-refractivity contribution in [2.24, 2.45) is 34.5 Å². The average molecular weight is 434 g/mol. The molecule has 2 fully saturated rings. The van der Waals surface area contributed by atoms with Crippen LogP contribution in [0, 0.1) is 34.5 Å². The van der Waals surface area contributed by atoms with Gasteiger partial charge in [0.2, 0.25) is 0 Å². The van der Waals surface area contributed by atoms with Gasteiger partial charge in [0.05, 0.1) is 6.54 Å². The normalized spacial score (nSPS) is 40.0. The van der Waals surface area contributed by atoms with Gasteiger partial charge in [-0.1, -0.05) is 38.4 Å². The van der Waals surface area contributed by atoms with E-state index in [0.29, 0.717) is 35.6 Å². The molecule has 1 aliphatic heterocycles. The highest BCUT2D eigenvalue weighted by atomic mass is 35.5. The van der Waals surface area contributed by atoms with Crippen molar-refractivity contribution >= 4 is 29.3 Å². The van der Waals surface area contributed by atoms with Gasteiger partial charge < -0.3 is 4.84 Å². The predicted molar refractivity (Wildman–Crippen MR) is 114 cm³/mol. The van der Waals surface area contributed by atoms with Crippen molar-refractivity contribution in [1.82, 2.24) is 5.06 Å².